The van der Waals surface area contributed by atoms with Crippen molar-refractivity contribution in [2.45, 2.75) is 39.0 Å². The number of rotatable bonds is 6. The first kappa shape index (κ1) is 23.0. The number of fused-ring (bicyclic) bond motifs is 1. The summed E-state index contributed by atoms with van der Waals surface area (Å²) in [6.45, 7) is 3.34. The third-order valence-corrected chi connectivity index (χ3v) is 6.01. The molecule has 0 spiro atoms. The molecule has 0 radical (unpaired) electrons. The van der Waals surface area contributed by atoms with E-state index in [1.807, 2.05) is 6.92 Å². The lowest BCUT2D eigenvalue weighted by Gasteiger charge is -2.14. The first-order valence-electron chi connectivity index (χ1n) is 9.54. The molecule has 1 aromatic heterocycles. The zero-order valence-corrected chi connectivity index (χ0v) is 18.2. The number of unbranched alkanes of at least 4 members (excludes halogenated alkanes) is 1. The number of hydrogen-bond donors (Lipinski definition) is 2. The lowest BCUT2D eigenvalue weighted by Crippen LogP contribution is -2.16. The van der Waals surface area contributed by atoms with E-state index in [0.29, 0.717) is 12.8 Å². The molecule has 164 valence electrons. The minimum absolute atomic E-state index is 0.0251. The summed E-state index contributed by atoms with van der Waals surface area (Å²) in [6, 6.07) is 4.95. The maximum absolute atomic E-state index is 15.0. The molecule has 0 aliphatic rings. The van der Waals surface area contributed by atoms with E-state index in [-0.39, 0.29) is 44.2 Å². The van der Waals surface area contributed by atoms with Gasteiger partial charge < -0.3 is 10.2 Å². The third-order valence-electron chi connectivity index (χ3n) is 5.27. The van der Waals surface area contributed by atoms with Gasteiger partial charge in [-0.25, -0.2) is 8.78 Å². The van der Waals surface area contributed by atoms with Crippen LogP contribution in [0.3, 0.4) is 0 Å². The smallest absolute Gasteiger partial charge is 0.311 e. The van der Waals surface area contributed by atoms with E-state index in [2.05, 4.69) is 0 Å². The first-order chi connectivity index (χ1) is 14.6. The van der Waals surface area contributed by atoms with Crippen LogP contribution < -0.4 is 0 Å². The molecule has 0 aliphatic carbocycles. The Bertz CT molecular complexity index is 1210. The highest BCUT2D eigenvalue weighted by Gasteiger charge is 2.32. The van der Waals surface area contributed by atoms with Crippen LogP contribution in [0.15, 0.2) is 24.3 Å². The number of carbonyl (C=O) groups is 2. The standard InChI is InChI=1S/C22H19Cl2F2NO4/c1-3-4-5-12(22(30)31)17-10(2)27(16-9-15(25)20(28)19(26)18(16)17)21(29)11-6-7-13(23)14(24)8-11/h6-9,12,28H,3-5H2,1-2H3,(H,30,31). The number of aromatic hydroxyl groups is 1. The Morgan fingerprint density at radius 1 is 1.16 bits per heavy atom. The molecular formula is C22H19Cl2F2NO4. The molecule has 31 heavy (non-hydrogen) atoms. The van der Waals surface area contributed by atoms with E-state index in [4.69, 9.17) is 23.2 Å². The fraction of sp³-hybridized carbons (Fsp3) is 0.273. The van der Waals surface area contributed by atoms with Crippen molar-refractivity contribution in [1.82, 2.24) is 4.57 Å². The van der Waals surface area contributed by atoms with Crippen molar-refractivity contribution in [3.05, 3.63) is 62.8 Å². The van der Waals surface area contributed by atoms with Crippen molar-refractivity contribution in [2.75, 3.05) is 0 Å². The second kappa shape index (κ2) is 8.85. The van der Waals surface area contributed by atoms with Crippen molar-refractivity contribution in [3.63, 3.8) is 0 Å². The molecule has 1 heterocycles. The van der Waals surface area contributed by atoms with Gasteiger partial charge in [0.2, 0.25) is 0 Å². The number of carbonyl (C=O) groups excluding carboxylic acids is 1. The monoisotopic (exact) mass is 469 g/mol. The lowest BCUT2D eigenvalue weighted by atomic mass is 9.91. The van der Waals surface area contributed by atoms with Crippen LogP contribution in [-0.2, 0) is 4.79 Å². The van der Waals surface area contributed by atoms with Gasteiger partial charge in [-0.2, -0.15) is 0 Å². The van der Waals surface area contributed by atoms with Crippen LogP contribution >= 0.6 is 23.2 Å². The van der Waals surface area contributed by atoms with Crippen LogP contribution in [0.2, 0.25) is 10.0 Å². The summed E-state index contributed by atoms with van der Waals surface area (Å²) in [5, 5.41) is 19.7. The van der Waals surface area contributed by atoms with Crippen LogP contribution in [0.1, 0.15) is 53.7 Å². The highest BCUT2D eigenvalue weighted by Crippen LogP contribution is 2.40. The van der Waals surface area contributed by atoms with Crippen LogP contribution in [0, 0.1) is 18.6 Å². The number of nitrogens with zero attached hydrogens (tertiary/aromatic N) is 1. The van der Waals surface area contributed by atoms with Crippen LogP contribution in [-0.4, -0.2) is 26.7 Å². The molecule has 3 rings (SSSR count). The van der Waals surface area contributed by atoms with Crippen molar-refractivity contribution in [1.29, 1.82) is 0 Å². The highest BCUT2D eigenvalue weighted by molar-refractivity contribution is 6.42. The highest BCUT2D eigenvalue weighted by atomic mass is 35.5. The van der Waals surface area contributed by atoms with Crippen molar-refractivity contribution >= 4 is 46.0 Å². The predicted molar refractivity (Wildman–Crippen MR) is 114 cm³/mol. The molecule has 1 atom stereocenters. The summed E-state index contributed by atoms with van der Waals surface area (Å²) >= 11 is 11.9. The maximum Gasteiger partial charge on any atom is 0.311 e. The normalized spacial score (nSPS) is 12.3. The number of aliphatic carboxylic acids is 1. The van der Waals surface area contributed by atoms with Gasteiger partial charge in [0.1, 0.15) is 0 Å². The van der Waals surface area contributed by atoms with E-state index >= 15 is 0 Å². The third kappa shape index (κ3) is 4.00. The van der Waals surface area contributed by atoms with Gasteiger partial charge in [0.05, 0.1) is 21.5 Å². The number of phenols is 1. The molecule has 1 unspecified atom stereocenters. The molecule has 5 nitrogen and oxygen atoms in total. The van der Waals surface area contributed by atoms with Gasteiger partial charge in [-0.15, -0.1) is 0 Å². The predicted octanol–water partition coefficient (Wildman–Crippen LogP) is 6.29. The molecule has 0 amide bonds. The number of carboxylic acids is 1. The summed E-state index contributed by atoms with van der Waals surface area (Å²) in [7, 11) is 0. The number of halogens is 4. The van der Waals surface area contributed by atoms with E-state index < -0.39 is 35.2 Å². The quantitative estimate of drug-likeness (QED) is 0.444. The lowest BCUT2D eigenvalue weighted by molar-refractivity contribution is -0.139. The van der Waals surface area contributed by atoms with Gasteiger partial charge in [0.15, 0.2) is 17.4 Å². The van der Waals surface area contributed by atoms with Gasteiger partial charge in [0.25, 0.3) is 5.91 Å². The minimum Gasteiger partial charge on any atom is -0.503 e. The van der Waals surface area contributed by atoms with Gasteiger partial charge in [-0.05, 0) is 37.1 Å². The number of benzene rings is 2. The van der Waals surface area contributed by atoms with Crippen molar-refractivity contribution in [3.8, 4) is 5.75 Å². The fourth-order valence-electron chi connectivity index (χ4n) is 3.76. The number of hydrogen-bond acceptors (Lipinski definition) is 3. The molecule has 0 aliphatic heterocycles. The Labute approximate surface area is 186 Å². The second-order valence-corrected chi connectivity index (χ2v) is 8.03. The molecule has 0 saturated heterocycles. The van der Waals surface area contributed by atoms with Gasteiger partial charge in [-0.1, -0.05) is 43.0 Å². The summed E-state index contributed by atoms with van der Waals surface area (Å²) in [6.07, 6.45) is 1.43. The van der Waals surface area contributed by atoms with Crippen molar-refractivity contribution in [2.24, 2.45) is 0 Å². The van der Waals surface area contributed by atoms with Crippen molar-refractivity contribution < 1.29 is 28.6 Å². The zero-order valence-electron chi connectivity index (χ0n) is 16.7. The summed E-state index contributed by atoms with van der Waals surface area (Å²) in [5.41, 5.74) is 0.0741. The Morgan fingerprint density at radius 3 is 2.42 bits per heavy atom. The number of aromatic nitrogens is 1. The maximum atomic E-state index is 15.0. The number of phenolic OH excluding ortho intramolecular Hbond substituents is 1. The average Bonchev–Trinajstić information content (AvgIpc) is 2.99. The van der Waals surface area contributed by atoms with E-state index in [9.17, 15) is 28.6 Å². The Balaban J connectivity index is 2.36. The van der Waals surface area contributed by atoms with Gasteiger partial charge >= 0.3 is 5.97 Å². The fourth-order valence-corrected chi connectivity index (χ4v) is 4.05. The van der Waals surface area contributed by atoms with E-state index in [0.717, 1.165) is 10.6 Å². The van der Waals surface area contributed by atoms with Gasteiger partial charge in [0, 0.05) is 22.7 Å². The number of carboxylic acid groups (broad SMARTS) is 1. The van der Waals surface area contributed by atoms with E-state index in [1.54, 1.807) is 0 Å². The Hall–Kier alpha value is -2.64. The molecule has 9 heteroatoms. The molecule has 2 aromatic carbocycles. The topological polar surface area (TPSA) is 79.5 Å². The molecule has 3 aromatic rings. The SMILES string of the molecule is CCCCC(C(=O)O)c1c(C)n(C(=O)c2ccc(Cl)c(Cl)c2)c2cc(F)c(O)c(F)c12. The first-order valence-corrected chi connectivity index (χ1v) is 10.3. The Kier molecular flexibility index (Phi) is 6.57. The zero-order chi connectivity index (χ0) is 23.0. The van der Waals surface area contributed by atoms with Crippen LogP contribution in [0.5, 0.6) is 5.75 Å². The second-order valence-electron chi connectivity index (χ2n) is 7.22. The van der Waals surface area contributed by atoms with Crippen LogP contribution in [0.25, 0.3) is 10.9 Å². The van der Waals surface area contributed by atoms with Gasteiger partial charge in [-0.3, -0.25) is 14.2 Å². The molecule has 0 saturated carbocycles. The summed E-state index contributed by atoms with van der Waals surface area (Å²) in [5.74, 6) is -6.83. The molecule has 0 fully saturated rings. The minimum atomic E-state index is -1.31. The molecule has 2 N–H and O–H groups in total. The molecular weight excluding hydrogens is 451 g/mol. The van der Waals surface area contributed by atoms with E-state index in [1.165, 1.54) is 25.1 Å². The summed E-state index contributed by atoms with van der Waals surface area (Å²) < 4.78 is 30.2. The van der Waals surface area contributed by atoms with Crippen LogP contribution in [0.4, 0.5) is 8.78 Å². The average molecular weight is 470 g/mol. The Morgan fingerprint density at radius 2 is 1.84 bits per heavy atom. The largest absolute Gasteiger partial charge is 0.503 e. The molecule has 0 bridgehead atoms. The summed E-state index contributed by atoms with van der Waals surface area (Å²) in [4.78, 5) is 25.3.